The number of carbonyl (C=O) groups excluding carboxylic acids is 2. The lowest BCUT2D eigenvalue weighted by atomic mass is 10.0. The Balaban J connectivity index is 1.12. The minimum absolute atomic E-state index is 0.0613. The summed E-state index contributed by atoms with van der Waals surface area (Å²) in [7, 11) is 0. The molecule has 10 heteroatoms. The molecule has 2 aromatic rings. The van der Waals surface area contributed by atoms with Crippen molar-refractivity contribution in [2.24, 2.45) is 5.10 Å². The number of rotatable bonds is 10. The van der Waals surface area contributed by atoms with E-state index in [1.807, 2.05) is 11.0 Å². The van der Waals surface area contributed by atoms with E-state index in [9.17, 15) is 9.59 Å². The van der Waals surface area contributed by atoms with E-state index in [2.05, 4.69) is 21.9 Å². The zero-order valence-electron chi connectivity index (χ0n) is 20.5. The second-order valence-corrected chi connectivity index (χ2v) is 9.38. The summed E-state index contributed by atoms with van der Waals surface area (Å²) in [5, 5.41) is 16.9. The molecule has 2 amide bonds. The Labute approximate surface area is 221 Å². The van der Waals surface area contributed by atoms with E-state index in [1.54, 1.807) is 36.4 Å². The molecule has 2 aliphatic heterocycles. The van der Waals surface area contributed by atoms with Crippen molar-refractivity contribution in [2.75, 3.05) is 32.8 Å². The van der Waals surface area contributed by atoms with Crippen molar-refractivity contribution in [3.8, 4) is 17.6 Å². The Kier molecular flexibility index (Phi) is 9.35. The van der Waals surface area contributed by atoms with Crippen LogP contribution in [0.1, 0.15) is 43.2 Å². The van der Waals surface area contributed by atoms with Gasteiger partial charge in [0.1, 0.15) is 11.5 Å². The highest BCUT2D eigenvalue weighted by molar-refractivity contribution is 6.32. The van der Waals surface area contributed by atoms with E-state index in [1.165, 1.54) is 0 Å². The van der Waals surface area contributed by atoms with Crippen LogP contribution in [-0.4, -0.2) is 61.3 Å². The third kappa shape index (κ3) is 7.68. The van der Waals surface area contributed by atoms with Gasteiger partial charge in [0.05, 0.1) is 29.0 Å². The molecular formula is C27H30ClN5O4. The number of ether oxygens (including phenoxy) is 2. The first-order chi connectivity index (χ1) is 18.0. The van der Waals surface area contributed by atoms with Gasteiger partial charge in [0, 0.05) is 32.0 Å². The quantitative estimate of drug-likeness (QED) is 0.462. The average Bonchev–Trinajstić information content (AvgIpc) is 2.93. The van der Waals surface area contributed by atoms with Crippen molar-refractivity contribution in [2.45, 2.75) is 38.1 Å². The van der Waals surface area contributed by atoms with Gasteiger partial charge in [-0.3, -0.25) is 9.59 Å². The van der Waals surface area contributed by atoms with Crippen molar-refractivity contribution in [1.82, 2.24) is 15.6 Å². The van der Waals surface area contributed by atoms with E-state index in [0.717, 1.165) is 42.8 Å². The Morgan fingerprint density at radius 2 is 1.95 bits per heavy atom. The van der Waals surface area contributed by atoms with Crippen LogP contribution < -0.4 is 20.2 Å². The molecule has 0 aliphatic carbocycles. The molecule has 1 saturated heterocycles. The largest absolute Gasteiger partial charge is 0.494 e. The molecule has 0 radical (unpaired) electrons. The van der Waals surface area contributed by atoms with Crippen LogP contribution in [0.4, 0.5) is 0 Å². The highest BCUT2D eigenvalue weighted by Gasteiger charge is 2.23. The molecule has 2 N–H and O–H groups in total. The van der Waals surface area contributed by atoms with Crippen molar-refractivity contribution in [3.05, 3.63) is 58.6 Å². The van der Waals surface area contributed by atoms with Gasteiger partial charge in [0.2, 0.25) is 5.91 Å². The molecule has 9 nitrogen and oxygen atoms in total. The molecule has 2 aromatic carbocycles. The predicted molar refractivity (Wildman–Crippen MR) is 140 cm³/mol. The van der Waals surface area contributed by atoms with Crippen molar-refractivity contribution in [1.29, 1.82) is 5.26 Å². The number of hydrogen-bond acceptors (Lipinski definition) is 7. The summed E-state index contributed by atoms with van der Waals surface area (Å²) in [5.41, 5.74) is 4.68. The lowest BCUT2D eigenvalue weighted by Gasteiger charge is -2.32. The van der Waals surface area contributed by atoms with Crippen molar-refractivity contribution >= 4 is 29.1 Å². The van der Waals surface area contributed by atoms with Gasteiger partial charge in [-0.05, 0) is 73.8 Å². The van der Waals surface area contributed by atoms with Crippen LogP contribution in [0.3, 0.4) is 0 Å². The summed E-state index contributed by atoms with van der Waals surface area (Å²) in [6.45, 7) is 2.73. The summed E-state index contributed by atoms with van der Waals surface area (Å²) >= 11 is 6.36. The number of halogens is 1. The zero-order chi connectivity index (χ0) is 26.0. The van der Waals surface area contributed by atoms with Gasteiger partial charge in [-0.1, -0.05) is 11.6 Å². The van der Waals surface area contributed by atoms with Crippen LogP contribution in [0, 0.1) is 11.3 Å². The molecule has 0 spiro atoms. The lowest BCUT2D eigenvalue weighted by Crippen LogP contribution is -2.46. The maximum absolute atomic E-state index is 12.7. The average molecular weight is 524 g/mol. The maximum Gasteiger partial charge on any atom is 0.260 e. The number of nitrogens with one attached hydrogen (secondary N) is 2. The summed E-state index contributed by atoms with van der Waals surface area (Å²) in [5.74, 6) is 1.05. The van der Waals surface area contributed by atoms with Crippen LogP contribution in [0.2, 0.25) is 5.02 Å². The molecule has 2 aliphatic rings. The second kappa shape index (κ2) is 13.1. The number of nitriles is 1. The molecule has 37 heavy (non-hydrogen) atoms. The van der Waals surface area contributed by atoms with E-state index in [0.29, 0.717) is 54.9 Å². The lowest BCUT2D eigenvalue weighted by molar-refractivity contribution is -0.134. The summed E-state index contributed by atoms with van der Waals surface area (Å²) < 4.78 is 11.4. The molecule has 4 rings (SSSR count). The SMILES string of the molecule is N#Cc1ccc(OCCCNC2CCN(C(=O)COc3ccc(C4=NNC(=O)CC4)cc3Cl)CC2)cc1. The topological polar surface area (TPSA) is 116 Å². The molecule has 0 aromatic heterocycles. The fourth-order valence-electron chi connectivity index (χ4n) is 4.24. The maximum atomic E-state index is 12.7. The fourth-order valence-corrected chi connectivity index (χ4v) is 4.47. The van der Waals surface area contributed by atoms with Crippen LogP contribution >= 0.6 is 11.6 Å². The summed E-state index contributed by atoms with van der Waals surface area (Å²) in [6.07, 6.45) is 3.59. The monoisotopic (exact) mass is 523 g/mol. The molecule has 2 heterocycles. The van der Waals surface area contributed by atoms with E-state index in [-0.39, 0.29) is 18.4 Å². The fraction of sp³-hybridized carbons (Fsp3) is 0.407. The van der Waals surface area contributed by atoms with Crippen LogP contribution in [0.25, 0.3) is 0 Å². The van der Waals surface area contributed by atoms with E-state index < -0.39 is 0 Å². The first kappa shape index (κ1) is 26.5. The normalized spacial score (nSPS) is 15.9. The van der Waals surface area contributed by atoms with E-state index in [4.69, 9.17) is 26.3 Å². The van der Waals surface area contributed by atoms with Gasteiger partial charge in [-0.2, -0.15) is 10.4 Å². The first-order valence-electron chi connectivity index (χ1n) is 12.4. The van der Waals surface area contributed by atoms with Gasteiger partial charge in [-0.15, -0.1) is 0 Å². The Morgan fingerprint density at radius 3 is 2.62 bits per heavy atom. The van der Waals surface area contributed by atoms with Gasteiger partial charge in [0.25, 0.3) is 5.91 Å². The zero-order valence-corrected chi connectivity index (χ0v) is 21.3. The number of amides is 2. The molecule has 194 valence electrons. The van der Waals surface area contributed by atoms with Crippen LogP contribution in [-0.2, 0) is 9.59 Å². The molecule has 0 atom stereocenters. The van der Waals surface area contributed by atoms with Gasteiger partial charge in [0.15, 0.2) is 6.61 Å². The molecule has 0 saturated carbocycles. The van der Waals surface area contributed by atoms with Gasteiger partial charge < -0.3 is 19.7 Å². The number of piperidine rings is 1. The minimum Gasteiger partial charge on any atom is -0.494 e. The Hall–Kier alpha value is -3.61. The van der Waals surface area contributed by atoms with Crippen LogP contribution in [0.15, 0.2) is 47.6 Å². The summed E-state index contributed by atoms with van der Waals surface area (Å²) in [4.78, 5) is 25.8. The first-order valence-corrected chi connectivity index (χ1v) is 12.8. The van der Waals surface area contributed by atoms with Gasteiger partial charge >= 0.3 is 0 Å². The highest BCUT2D eigenvalue weighted by Crippen LogP contribution is 2.27. The van der Waals surface area contributed by atoms with Crippen molar-refractivity contribution in [3.63, 3.8) is 0 Å². The molecule has 1 fully saturated rings. The second-order valence-electron chi connectivity index (χ2n) is 8.97. The van der Waals surface area contributed by atoms with E-state index >= 15 is 0 Å². The standard InChI is InChI=1S/C27H30ClN5O4/c28-23-16-20(24-7-9-26(34)32-31-24)4-8-25(23)37-18-27(35)33-13-10-21(11-14-33)30-12-1-15-36-22-5-2-19(17-29)3-6-22/h2-6,8,16,21,30H,1,7,9-15,18H2,(H,32,34). The number of benzene rings is 2. The number of likely N-dealkylation sites (tertiary alicyclic amines) is 1. The molecular weight excluding hydrogens is 494 g/mol. The Bertz CT molecular complexity index is 1170. The third-order valence-corrected chi connectivity index (χ3v) is 6.67. The number of hydrogen-bond donors (Lipinski definition) is 2. The summed E-state index contributed by atoms with van der Waals surface area (Å²) in [6, 6.07) is 14.9. The third-order valence-electron chi connectivity index (χ3n) is 6.37. The minimum atomic E-state index is -0.0983. The molecule has 0 bridgehead atoms. The molecule has 0 unspecified atom stereocenters. The van der Waals surface area contributed by atoms with Crippen molar-refractivity contribution < 1.29 is 19.1 Å². The number of nitrogens with zero attached hydrogens (tertiary/aromatic N) is 3. The van der Waals surface area contributed by atoms with Gasteiger partial charge in [-0.25, -0.2) is 5.43 Å². The number of carbonyl (C=O) groups is 2. The Morgan fingerprint density at radius 1 is 1.16 bits per heavy atom. The number of hydrazone groups is 1. The van der Waals surface area contributed by atoms with Crippen LogP contribution in [0.5, 0.6) is 11.5 Å². The predicted octanol–water partition coefficient (Wildman–Crippen LogP) is 3.25. The smallest absolute Gasteiger partial charge is 0.260 e. The highest BCUT2D eigenvalue weighted by atomic mass is 35.5.